The standard InChI is InChI=1S/C16H32N2O2/c1-6-9-17-16(4,15(19)20-5)12-14(3)18-10-7-13(2)8-11-18/h13-14,17H,6-12H2,1-5H3. The lowest BCUT2D eigenvalue weighted by atomic mass is 9.90. The van der Waals surface area contributed by atoms with Crippen molar-refractivity contribution in [2.75, 3.05) is 26.7 Å². The number of nitrogens with zero attached hydrogens (tertiary/aromatic N) is 1. The molecule has 0 saturated carbocycles. The zero-order chi connectivity index (χ0) is 15.2. The smallest absolute Gasteiger partial charge is 0.325 e. The lowest BCUT2D eigenvalue weighted by molar-refractivity contribution is -0.148. The Kier molecular flexibility index (Phi) is 6.96. The van der Waals surface area contributed by atoms with Gasteiger partial charge < -0.3 is 15.0 Å². The Morgan fingerprint density at radius 2 is 2.05 bits per heavy atom. The maximum atomic E-state index is 12.1. The van der Waals surface area contributed by atoms with Gasteiger partial charge in [-0.2, -0.15) is 0 Å². The van der Waals surface area contributed by atoms with Crippen molar-refractivity contribution in [3.8, 4) is 0 Å². The van der Waals surface area contributed by atoms with Crippen molar-refractivity contribution >= 4 is 5.97 Å². The van der Waals surface area contributed by atoms with E-state index >= 15 is 0 Å². The molecule has 2 atom stereocenters. The molecular formula is C16H32N2O2. The molecule has 0 aromatic rings. The van der Waals surface area contributed by atoms with Gasteiger partial charge in [0.15, 0.2) is 0 Å². The average Bonchev–Trinajstić information content (AvgIpc) is 2.44. The number of likely N-dealkylation sites (tertiary alicyclic amines) is 1. The van der Waals surface area contributed by atoms with Gasteiger partial charge in [0.25, 0.3) is 0 Å². The van der Waals surface area contributed by atoms with Crippen molar-refractivity contribution < 1.29 is 9.53 Å². The highest BCUT2D eigenvalue weighted by Crippen LogP contribution is 2.23. The van der Waals surface area contributed by atoms with Crippen LogP contribution in [0.1, 0.15) is 53.4 Å². The minimum absolute atomic E-state index is 0.150. The van der Waals surface area contributed by atoms with Crippen molar-refractivity contribution in [3.63, 3.8) is 0 Å². The number of nitrogens with one attached hydrogen (secondary N) is 1. The van der Waals surface area contributed by atoms with Crippen LogP contribution in [0.3, 0.4) is 0 Å². The number of rotatable bonds is 7. The van der Waals surface area contributed by atoms with Gasteiger partial charge in [-0.3, -0.25) is 4.79 Å². The second kappa shape index (κ2) is 7.99. The number of methoxy groups -OCH3 is 1. The molecular weight excluding hydrogens is 252 g/mol. The van der Waals surface area contributed by atoms with E-state index in [1.165, 1.54) is 20.0 Å². The molecule has 0 amide bonds. The number of hydrogen-bond acceptors (Lipinski definition) is 4. The van der Waals surface area contributed by atoms with Crippen LogP contribution in [-0.4, -0.2) is 49.2 Å². The summed E-state index contributed by atoms with van der Waals surface area (Å²) in [6.07, 6.45) is 4.35. The van der Waals surface area contributed by atoms with Crippen LogP contribution in [0.2, 0.25) is 0 Å². The zero-order valence-electron chi connectivity index (χ0n) is 13.9. The summed E-state index contributed by atoms with van der Waals surface area (Å²) in [7, 11) is 1.47. The first kappa shape index (κ1) is 17.4. The van der Waals surface area contributed by atoms with E-state index in [-0.39, 0.29) is 5.97 Å². The second-order valence-electron chi connectivity index (χ2n) is 6.52. The fourth-order valence-electron chi connectivity index (χ4n) is 3.04. The number of carbonyl (C=O) groups is 1. The Morgan fingerprint density at radius 3 is 2.55 bits per heavy atom. The third-order valence-corrected chi connectivity index (χ3v) is 4.55. The van der Waals surface area contributed by atoms with Crippen molar-refractivity contribution in [2.45, 2.75) is 65.0 Å². The minimum atomic E-state index is -0.576. The maximum absolute atomic E-state index is 12.1. The molecule has 4 nitrogen and oxygen atoms in total. The first-order valence-electron chi connectivity index (χ1n) is 8.00. The predicted octanol–water partition coefficient (Wildman–Crippen LogP) is 2.43. The first-order chi connectivity index (χ1) is 9.42. The van der Waals surface area contributed by atoms with Crippen LogP contribution in [0.5, 0.6) is 0 Å². The highest BCUT2D eigenvalue weighted by atomic mass is 16.5. The van der Waals surface area contributed by atoms with E-state index in [0.29, 0.717) is 6.04 Å². The number of esters is 1. The zero-order valence-corrected chi connectivity index (χ0v) is 13.9. The Morgan fingerprint density at radius 1 is 1.45 bits per heavy atom. The number of ether oxygens (including phenoxy) is 1. The molecule has 0 radical (unpaired) electrons. The molecule has 2 unspecified atom stereocenters. The predicted molar refractivity (Wildman–Crippen MR) is 82.8 cm³/mol. The molecule has 0 aliphatic carbocycles. The van der Waals surface area contributed by atoms with Gasteiger partial charge in [0, 0.05) is 6.04 Å². The van der Waals surface area contributed by atoms with Crippen LogP contribution in [0.25, 0.3) is 0 Å². The van der Waals surface area contributed by atoms with Gasteiger partial charge >= 0.3 is 5.97 Å². The molecule has 118 valence electrons. The highest BCUT2D eigenvalue weighted by Gasteiger charge is 2.36. The molecule has 4 heteroatoms. The molecule has 20 heavy (non-hydrogen) atoms. The Bertz CT molecular complexity index is 301. The third kappa shape index (κ3) is 4.74. The van der Waals surface area contributed by atoms with Gasteiger partial charge in [-0.15, -0.1) is 0 Å². The molecule has 1 saturated heterocycles. The average molecular weight is 284 g/mol. The molecule has 1 rings (SSSR count). The van der Waals surface area contributed by atoms with E-state index in [0.717, 1.165) is 38.4 Å². The van der Waals surface area contributed by atoms with E-state index < -0.39 is 5.54 Å². The normalized spacial score (nSPS) is 22.2. The SMILES string of the molecule is CCCNC(C)(CC(C)N1CCC(C)CC1)C(=O)OC. The lowest BCUT2D eigenvalue weighted by Crippen LogP contribution is -2.54. The molecule has 0 aromatic carbocycles. The highest BCUT2D eigenvalue weighted by molar-refractivity contribution is 5.80. The fraction of sp³-hybridized carbons (Fsp3) is 0.938. The third-order valence-electron chi connectivity index (χ3n) is 4.55. The monoisotopic (exact) mass is 284 g/mol. The summed E-state index contributed by atoms with van der Waals surface area (Å²) in [6.45, 7) is 11.8. The summed E-state index contributed by atoms with van der Waals surface area (Å²) < 4.78 is 5.00. The van der Waals surface area contributed by atoms with Crippen molar-refractivity contribution in [1.82, 2.24) is 10.2 Å². The molecule has 0 aromatic heterocycles. The Labute approximate surface area is 124 Å². The Balaban J connectivity index is 2.61. The number of carbonyl (C=O) groups excluding carboxylic acids is 1. The van der Waals surface area contributed by atoms with Gasteiger partial charge in [-0.05, 0) is 65.1 Å². The van der Waals surface area contributed by atoms with Crippen molar-refractivity contribution in [2.24, 2.45) is 5.92 Å². The molecule has 0 bridgehead atoms. The van der Waals surface area contributed by atoms with Crippen LogP contribution in [0, 0.1) is 5.92 Å². The fourth-order valence-corrected chi connectivity index (χ4v) is 3.04. The van der Waals surface area contributed by atoms with E-state index in [2.05, 4.69) is 31.0 Å². The Hall–Kier alpha value is -0.610. The van der Waals surface area contributed by atoms with Crippen LogP contribution in [0.15, 0.2) is 0 Å². The van der Waals surface area contributed by atoms with Crippen LogP contribution in [0.4, 0.5) is 0 Å². The summed E-state index contributed by atoms with van der Waals surface area (Å²) in [6, 6.07) is 0.399. The van der Waals surface area contributed by atoms with E-state index in [1.807, 2.05) is 6.92 Å². The summed E-state index contributed by atoms with van der Waals surface area (Å²) in [5.41, 5.74) is -0.576. The van der Waals surface area contributed by atoms with Crippen molar-refractivity contribution in [3.05, 3.63) is 0 Å². The van der Waals surface area contributed by atoms with Crippen LogP contribution < -0.4 is 5.32 Å². The number of piperidine rings is 1. The minimum Gasteiger partial charge on any atom is -0.468 e. The van der Waals surface area contributed by atoms with Crippen LogP contribution in [-0.2, 0) is 9.53 Å². The van der Waals surface area contributed by atoms with Crippen LogP contribution >= 0.6 is 0 Å². The first-order valence-corrected chi connectivity index (χ1v) is 8.00. The van der Waals surface area contributed by atoms with E-state index in [9.17, 15) is 4.79 Å². The molecule has 1 aliphatic heterocycles. The molecule has 1 N–H and O–H groups in total. The topological polar surface area (TPSA) is 41.6 Å². The molecule has 1 fully saturated rings. The summed E-state index contributed by atoms with van der Waals surface area (Å²) in [5, 5.41) is 3.37. The van der Waals surface area contributed by atoms with E-state index in [4.69, 9.17) is 4.74 Å². The summed E-state index contributed by atoms with van der Waals surface area (Å²) in [4.78, 5) is 14.6. The maximum Gasteiger partial charge on any atom is 0.325 e. The van der Waals surface area contributed by atoms with Gasteiger partial charge in [-0.25, -0.2) is 0 Å². The van der Waals surface area contributed by atoms with Gasteiger partial charge in [0.2, 0.25) is 0 Å². The molecule has 1 aliphatic rings. The van der Waals surface area contributed by atoms with Gasteiger partial charge in [0.1, 0.15) is 5.54 Å². The molecule has 1 heterocycles. The number of hydrogen-bond donors (Lipinski definition) is 1. The quantitative estimate of drug-likeness (QED) is 0.729. The largest absolute Gasteiger partial charge is 0.468 e. The summed E-state index contributed by atoms with van der Waals surface area (Å²) in [5.74, 6) is 0.687. The summed E-state index contributed by atoms with van der Waals surface area (Å²) >= 11 is 0. The van der Waals surface area contributed by atoms with Gasteiger partial charge in [-0.1, -0.05) is 13.8 Å². The van der Waals surface area contributed by atoms with E-state index in [1.54, 1.807) is 0 Å². The molecule has 0 spiro atoms. The lowest BCUT2D eigenvalue weighted by Gasteiger charge is -2.39. The second-order valence-corrected chi connectivity index (χ2v) is 6.52. The van der Waals surface area contributed by atoms with Gasteiger partial charge in [0.05, 0.1) is 7.11 Å². The van der Waals surface area contributed by atoms with Crippen molar-refractivity contribution in [1.29, 1.82) is 0 Å².